The van der Waals surface area contributed by atoms with Crippen LogP contribution in [0.3, 0.4) is 0 Å². The molecule has 0 saturated carbocycles. The van der Waals surface area contributed by atoms with Gasteiger partial charge in [-0.1, -0.05) is 71.9 Å². The van der Waals surface area contributed by atoms with Crippen molar-refractivity contribution in [3.05, 3.63) is 71.8 Å². The largest absolute Gasteiger partial charge is 0.335 e. The van der Waals surface area contributed by atoms with Crippen molar-refractivity contribution in [3.63, 3.8) is 0 Å². The molecule has 0 amide bonds. The van der Waals surface area contributed by atoms with E-state index in [0.29, 0.717) is 22.2 Å². The van der Waals surface area contributed by atoms with Gasteiger partial charge in [-0.25, -0.2) is 4.68 Å². The van der Waals surface area contributed by atoms with Gasteiger partial charge >= 0.3 is 0 Å². The van der Waals surface area contributed by atoms with E-state index in [1.165, 1.54) is 16.4 Å². The van der Waals surface area contributed by atoms with Crippen LogP contribution in [0, 0.1) is 6.92 Å². The monoisotopic (exact) mass is 390 g/mol. The van der Waals surface area contributed by atoms with Crippen molar-refractivity contribution >= 4 is 17.5 Å². The molecule has 7 nitrogen and oxygen atoms in total. The molecule has 2 aromatic heterocycles. The lowest BCUT2D eigenvalue weighted by molar-refractivity contribution is 0.102. The van der Waals surface area contributed by atoms with Crippen LogP contribution in [0.2, 0.25) is 0 Å². The second-order valence-electron chi connectivity index (χ2n) is 6.29. The number of thioether (sulfide) groups is 1. The summed E-state index contributed by atoms with van der Waals surface area (Å²) >= 11 is 1.25. The molecule has 4 rings (SSSR count). The second-order valence-corrected chi connectivity index (χ2v) is 7.23. The van der Waals surface area contributed by atoms with Crippen molar-refractivity contribution in [2.45, 2.75) is 12.1 Å². The summed E-state index contributed by atoms with van der Waals surface area (Å²) in [5, 5.41) is 16.0. The summed E-state index contributed by atoms with van der Waals surface area (Å²) in [6.45, 7) is 1.99. The number of aryl methyl sites for hydroxylation is 1. The van der Waals surface area contributed by atoms with Crippen LogP contribution in [0.5, 0.6) is 0 Å². The van der Waals surface area contributed by atoms with Gasteiger partial charge in [0, 0.05) is 11.1 Å². The number of aromatic nitrogens is 5. The third-order valence-corrected chi connectivity index (χ3v) is 5.20. The van der Waals surface area contributed by atoms with Gasteiger partial charge in [-0.3, -0.25) is 9.89 Å². The van der Waals surface area contributed by atoms with E-state index in [0.717, 1.165) is 16.8 Å². The number of nitrogens with zero attached hydrogens (tertiary/aromatic N) is 4. The fraction of sp³-hybridized carbons (Fsp3) is 0.100. The maximum Gasteiger partial charge on any atom is 0.210 e. The molecule has 28 heavy (non-hydrogen) atoms. The predicted molar refractivity (Wildman–Crippen MR) is 109 cm³/mol. The number of H-pyrrole nitrogens is 1. The van der Waals surface area contributed by atoms with Gasteiger partial charge in [0.2, 0.25) is 11.0 Å². The number of ketones is 1. The molecule has 0 aliphatic carbocycles. The van der Waals surface area contributed by atoms with Gasteiger partial charge in [0.05, 0.1) is 11.4 Å². The van der Waals surface area contributed by atoms with E-state index >= 15 is 0 Å². The number of nitrogens with two attached hydrogens (primary N) is 1. The molecule has 0 bridgehead atoms. The highest BCUT2D eigenvalue weighted by molar-refractivity contribution is 7.99. The first kappa shape index (κ1) is 18.0. The molecule has 0 aliphatic heterocycles. The third-order valence-electron chi connectivity index (χ3n) is 4.26. The van der Waals surface area contributed by atoms with Crippen LogP contribution in [0.25, 0.3) is 22.8 Å². The molecule has 0 unspecified atom stereocenters. The van der Waals surface area contributed by atoms with E-state index in [-0.39, 0.29) is 11.5 Å². The molecule has 0 atom stereocenters. The summed E-state index contributed by atoms with van der Waals surface area (Å²) in [4.78, 5) is 12.3. The van der Waals surface area contributed by atoms with Crippen LogP contribution in [0.1, 0.15) is 15.9 Å². The highest BCUT2D eigenvalue weighted by Gasteiger charge is 2.16. The van der Waals surface area contributed by atoms with Gasteiger partial charge in [0.15, 0.2) is 5.78 Å². The Morgan fingerprint density at radius 2 is 1.86 bits per heavy atom. The second kappa shape index (κ2) is 7.69. The van der Waals surface area contributed by atoms with Crippen molar-refractivity contribution < 1.29 is 4.79 Å². The molecule has 140 valence electrons. The molecule has 0 saturated heterocycles. The number of nitrogen functional groups attached to an aromatic ring is 1. The van der Waals surface area contributed by atoms with E-state index in [1.807, 2.05) is 67.6 Å². The first-order chi connectivity index (χ1) is 13.6. The average Bonchev–Trinajstić information content (AvgIpc) is 3.34. The predicted octanol–water partition coefficient (Wildman–Crippen LogP) is 3.33. The Balaban J connectivity index is 1.48. The van der Waals surface area contributed by atoms with Crippen LogP contribution >= 0.6 is 11.8 Å². The van der Waals surface area contributed by atoms with E-state index in [9.17, 15) is 4.79 Å². The summed E-state index contributed by atoms with van der Waals surface area (Å²) in [5.41, 5.74) is 4.23. The molecular formula is C20H18N6OS. The Hall–Kier alpha value is -3.39. The normalized spacial score (nSPS) is 10.9. The summed E-state index contributed by atoms with van der Waals surface area (Å²) in [6, 6.07) is 19.2. The molecule has 0 fully saturated rings. The topological polar surface area (TPSA) is 102 Å². The Morgan fingerprint density at radius 3 is 2.61 bits per heavy atom. The quantitative estimate of drug-likeness (QED) is 0.297. The number of hydrogen-bond donors (Lipinski definition) is 2. The molecule has 4 aromatic rings. The number of carbonyl (C=O) groups excluding carboxylic acids is 1. The maximum atomic E-state index is 12.3. The number of nitrogens with one attached hydrogen (secondary N) is 1. The van der Waals surface area contributed by atoms with Crippen LogP contribution in [0.15, 0.2) is 65.8 Å². The van der Waals surface area contributed by atoms with Gasteiger partial charge < -0.3 is 5.84 Å². The zero-order valence-electron chi connectivity index (χ0n) is 15.2. The summed E-state index contributed by atoms with van der Waals surface area (Å²) in [7, 11) is 0. The van der Waals surface area contributed by atoms with Gasteiger partial charge in [-0.2, -0.15) is 5.10 Å². The number of carbonyl (C=O) groups is 1. The molecule has 2 aromatic carbocycles. The summed E-state index contributed by atoms with van der Waals surface area (Å²) < 4.78 is 1.37. The molecule has 0 radical (unpaired) electrons. The zero-order chi connectivity index (χ0) is 19.5. The standard InChI is InChI=1S/C20H18N6OS/c1-13-7-9-15(10-8-13)18(27)12-28-20-25-24-19(26(20)21)17-11-16(22-23-17)14-5-3-2-4-6-14/h2-11H,12,21H2,1H3,(H,22,23). The van der Waals surface area contributed by atoms with Crippen molar-refractivity contribution in [2.24, 2.45) is 0 Å². The molecule has 2 heterocycles. The minimum Gasteiger partial charge on any atom is -0.335 e. The first-order valence-electron chi connectivity index (χ1n) is 8.66. The highest BCUT2D eigenvalue weighted by Crippen LogP contribution is 2.24. The summed E-state index contributed by atoms with van der Waals surface area (Å²) in [5.74, 6) is 6.85. The van der Waals surface area contributed by atoms with Crippen LogP contribution in [-0.4, -0.2) is 36.6 Å². The average molecular weight is 390 g/mol. The number of hydrogen-bond acceptors (Lipinski definition) is 6. The number of rotatable bonds is 6. The minimum absolute atomic E-state index is 0.0162. The van der Waals surface area contributed by atoms with Gasteiger partial charge in [-0.15, -0.1) is 10.2 Å². The lowest BCUT2D eigenvalue weighted by Gasteiger charge is -2.03. The Bertz CT molecular complexity index is 1100. The van der Waals surface area contributed by atoms with E-state index in [2.05, 4.69) is 20.4 Å². The Labute approximate surface area is 166 Å². The fourth-order valence-electron chi connectivity index (χ4n) is 2.71. The van der Waals surface area contributed by atoms with Gasteiger partial charge in [0.1, 0.15) is 5.69 Å². The smallest absolute Gasteiger partial charge is 0.210 e. The Morgan fingerprint density at radius 1 is 1.11 bits per heavy atom. The van der Waals surface area contributed by atoms with Crippen molar-refractivity contribution in [2.75, 3.05) is 11.6 Å². The number of benzene rings is 2. The van der Waals surface area contributed by atoms with Crippen LogP contribution in [-0.2, 0) is 0 Å². The van der Waals surface area contributed by atoms with E-state index < -0.39 is 0 Å². The Kier molecular flexibility index (Phi) is 4.94. The molecule has 8 heteroatoms. The lowest BCUT2D eigenvalue weighted by Crippen LogP contribution is -2.13. The molecule has 0 spiro atoms. The number of Topliss-reactive ketones (excluding diaryl/α,β-unsaturated/α-hetero) is 1. The molecule has 0 aliphatic rings. The summed E-state index contributed by atoms with van der Waals surface area (Å²) in [6.07, 6.45) is 0. The molecule has 3 N–H and O–H groups in total. The highest BCUT2D eigenvalue weighted by atomic mass is 32.2. The maximum absolute atomic E-state index is 12.3. The van der Waals surface area contributed by atoms with Crippen molar-refractivity contribution in [1.29, 1.82) is 0 Å². The van der Waals surface area contributed by atoms with Crippen LogP contribution in [0.4, 0.5) is 0 Å². The van der Waals surface area contributed by atoms with E-state index in [1.54, 1.807) is 0 Å². The van der Waals surface area contributed by atoms with E-state index in [4.69, 9.17) is 5.84 Å². The first-order valence-corrected chi connectivity index (χ1v) is 9.65. The van der Waals surface area contributed by atoms with Gasteiger partial charge in [-0.05, 0) is 13.0 Å². The SMILES string of the molecule is Cc1ccc(C(=O)CSc2nnc(-c3cc(-c4ccccc4)n[nH]3)n2N)cc1. The lowest BCUT2D eigenvalue weighted by atomic mass is 10.1. The fourth-order valence-corrected chi connectivity index (χ4v) is 3.46. The van der Waals surface area contributed by atoms with Crippen molar-refractivity contribution in [3.8, 4) is 22.8 Å². The van der Waals surface area contributed by atoms with Crippen molar-refractivity contribution in [1.82, 2.24) is 25.1 Å². The molecular weight excluding hydrogens is 372 g/mol. The zero-order valence-corrected chi connectivity index (χ0v) is 16.0. The number of aromatic amines is 1. The third kappa shape index (κ3) is 3.67. The van der Waals surface area contributed by atoms with Gasteiger partial charge in [0.25, 0.3) is 0 Å². The van der Waals surface area contributed by atoms with Crippen LogP contribution < -0.4 is 5.84 Å². The minimum atomic E-state index is 0.0162.